The van der Waals surface area contributed by atoms with Gasteiger partial charge in [0.1, 0.15) is 0 Å². The van der Waals surface area contributed by atoms with Gasteiger partial charge in [-0.2, -0.15) is 0 Å². The number of amides is 2. The van der Waals surface area contributed by atoms with Gasteiger partial charge in [0.25, 0.3) is 0 Å². The third-order valence-electron chi connectivity index (χ3n) is 3.61. The van der Waals surface area contributed by atoms with Crippen molar-refractivity contribution in [2.45, 2.75) is 12.8 Å². The quantitative estimate of drug-likeness (QED) is 0.464. The third-order valence-corrected chi connectivity index (χ3v) is 3.61. The number of carbonyl (C=O) groups excluding carboxylic acids is 2. The molecule has 0 aliphatic heterocycles. The first-order valence-corrected chi connectivity index (χ1v) is 8.43. The van der Waals surface area contributed by atoms with Crippen LogP contribution in [0.4, 0.5) is 9.59 Å². The molecule has 0 unspecified atom stereocenters. The smallest absolute Gasteiger partial charge is 0.412 e. The molecule has 1 rings (SSSR count). The fraction of sp³-hybridized carbons (Fsp3) is 0.368. The lowest BCUT2D eigenvalue weighted by molar-refractivity contribution is -0.000143. The van der Waals surface area contributed by atoms with Gasteiger partial charge in [-0.1, -0.05) is 19.2 Å². The van der Waals surface area contributed by atoms with E-state index in [2.05, 4.69) is 23.1 Å². The Morgan fingerprint density at radius 2 is 1.81 bits per heavy atom. The highest BCUT2D eigenvalue weighted by Gasteiger charge is 2.14. The number of allylic oxidation sites excluding steroid dienone is 1. The van der Waals surface area contributed by atoms with Crippen LogP contribution in [0.15, 0.2) is 54.8 Å². The van der Waals surface area contributed by atoms with Gasteiger partial charge in [-0.25, -0.2) is 9.59 Å². The second kappa shape index (κ2) is 12.2. The Hall–Kier alpha value is -3.16. The molecule has 0 saturated carbocycles. The summed E-state index contributed by atoms with van der Waals surface area (Å²) < 4.78 is 9.87. The summed E-state index contributed by atoms with van der Waals surface area (Å²) in [6.45, 7) is 7.53. The standard InChI is InChI=1S/C19H26N4O4/c1-5-16(20-6-2)10-13-22(3)18(24)26-15-27-19(25)23(4)14-11-17-9-7-8-12-21-17/h5-9,12H,1-2,10-11,13-15H2,3-4H3. The van der Waals surface area contributed by atoms with E-state index in [0.717, 1.165) is 5.69 Å². The van der Waals surface area contributed by atoms with Gasteiger partial charge in [-0.05, 0) is 18.2 Å². The predicted molar refractivity (Wildman–Crippen MR) is 103 cm³/mol. The first kappa shape index (κ1) is 21.9. The minimum Gasteiger partial charge on any atom is -0.412 e. The van der Waals surface area contributed by atoms with Crippen molar-refractivity contribution in [3.05, 3.63) is 55.5 Å². The number of nitrogens with zero attached hydrogens (tertiary/aromatic N) is 4. The summed E-state index contributed by atoms with van der Waals surface area (Å²) in [4.78, 5) is 34.7. The Labute approximate surface area is 159 Å². The van der Waals surface area contributed by atoms with E-state index in [9.17, 15) is 9.59 Å². The van der Waals surface area contributed by atoms with Crippen molar-refractivity contribution in [3.8, 4) is 0 Å². The number of hydrogen-bond donors (Lipinski definition) is 0. The molecule has 0 aromatic carbocycles. The fourth-order valence-corrected chi connectivity index (χ4v) is 1.98. The second-order valence-corrected chi connectivity index (χ2v) is 5.61. The van der Waals surface area contributed by atoms with E-state index in [1.165, 1.54) is 16.0 Å². The van der Waals surface area contributed by atoms with E-state index >= 15 is 0 Å². The zero-order valence-corrected chi connectivity index (χ0v) is 15.8. The number of hydrogen-bond acceptors (Lipinski definition) is 6. The molecule has 2 amide bonds. The number of pyridine rings is 1. The molecule has 0 aliphatic rings. The van der Waals surface area contributed by atoms with Crippen molar-refractivity contribution < 1.29 is 19.1 Å². The Morgan fingerprint density at radius 1 is 1.15 bits per heavy atom. The van der Waals surface area contributed by atoms with Gasteiger partial charge in [-0.15, -0.1) is 0 Å². The largest absolute Gasteiger partial charge is 0.412 e. The van der Waals surface area contributed by atoms with Crippen LogP contribution in [-0.2, 0) is 15.9 Å². The van der Waals surface area contributed by atoms with Crippen LogP contribution < -0.4 is 0 Å². The van der Waals surface area contributed by atoms with Crippen molar-refractivity contribution in [2.24, 2.45) is 4.99 Å². The van der Waals surface area contributed by atoms with E-state index in [-0.39, 0.29) is 0 Å². The number of aromatic nitrogens is 1. The molecular formula is C19H26N4O4. The summed E-state index contributed by atoms with van der Waals surface area (Å²) >= 11 is 0. The van der Waals surface area contributed by atoms with Crippen molar-refractivity contribution >= 4 is 17.9 Å². The van der Waals surface area contributed by atoms with E-state index < -0.39 is 19.0 Å². The van der Waals surface area contributed by atoms with Gasteiger partial charge >= 0.3 is 12.2 Å². The molecule has 0 bridgehead atoms. The van der Waals surface area contributed by atoms with E-state index in [1.807, 2.05) is 18.2 Å². The maximum absolute atomic E-state index is 11.9. The SMILES string of the molecule is C=CN=C(C=C)CCN(C)C(=O)OCOC(=O)N(C)CCc1ccccn1. The van der Waals surface area contributed by atoms with Crippen molar-refractivity contribution in [3.63, 3.8) is 0 Å². The summed E-state index contributed by atoms with van der Waals surface area (Å²) in [5.41, 5.74) is 1.59. The Morgan fingerprint density at radius 3 is 2.37 bits per heavy atom. The molecule has 0 atom stereocenters. The van der Waals surface area contributed by atoms with Crippen LogP contribution in [-0.4, -0.2) is 66.7 Å². The van der Waals surface area contributed by atoms with E-state index in [0.29, 0.717) is 31.6 Å². The van der Waals surface area contributed by atoms with Crippen LogP contribution in [0.2, 0.25) is 0 Å². The number of rotatable bonds is 10. The Bertz CT molecular complexity index is 661. The van der Waals surface area contributed by atoms with Gasteiger partial charge in [-0.3, -0.25) is 9.98 Å². The lowest BCUT2D eigenvalue weighted by atomic mass is 10.2. The molecular weight excluding hydrogens is 348 g/mol. The lowest BCUT2D eigenvalue weighted by Crippen LogP contribution is -2.33. The molecule has 0 radical (unpaired) electrons. The highest BCUT2D eigenvalue weighted by atomic mass is 16.7. The molecule has 0 saturated heterocycles. The zero-order valence-electron chi connectivity index (χ0n) is 15.8. The Kier molecular flexibility index (Phi) is 9.92. The molecule has 8 nitrogen and oxygen atoms in total. The van der Waals surface area contributed by atoms with Crippen LogP contribution >= 0.6 is 0 Å². The van der Waals surface area contributed by atoms with Crippen LogP contribution in [0.25, 0.3) is 0 Å². The lowest BCUT2D eigenvalue weighted by Gasteiger charge is -2.19. The number of aliphatic imine (C=N–C) groups is 1. The Balaban J connectivity index is 2.26. The van der Waals surface area contributed by atoms with Gasteiger partial charge in [0.05, 0.1) is 0 Å². The summed E-state index contributed by atoms with van der Waals surface area (Å²) in [6, 6.07) is 5.60. The molecule has 1 aromatic heterocycles. The summed E-state index contributed by atoms with van der Waals surface area (Å²) in [7, 11) is 3.19. The van der Waals surface area contributed by atoms with Crippen molar-refractivity contribution in [1.82, 2.24) is 14.8 Å². The van der Waals surface area contributed by atoms with Crippen molar-refractivity contribution in [1.29, 1.82) is 0 Å². The molecule has 1 heterocycles. The maximum atomic E-state index is 11.9. The first-order valence-electron chi connectivity index (χ1n) is 8.43. The molecule has 0 fully saturated rings. The second-order valence-electron chi connectivity index (χ2n) is 5.61. The monoisotopic (exact) mass is 374 g/mol. The molecule has 27 heavy (non-hydrogen) atoms. The summed E-state index contributed by atoms with van der Waals surface area (Å²) in [5, 5.41) is 0. The van der Waals surface area contributed by atoms with E-state index in [1.54, 1.807) is 26.4 Å². The maximum Gasteiger partial charge on any atom is 0.412 e. The van der Waals surface area contributed by atoms with Gasteiger partial charge in [0.2, 0.25) is 6.79 Å². The predicted octanol–water partition coefficient (Wildman–Crippen LogP) is 2.88. The number of ether oxygens (including phenoxy) is 2. The molecule has 146 valence electrons. The van der Waals surface area contributed by atoms with Crippen LogP contribution in [0, 0.1) is 0 Å². The fourth-order valence-electron chi connectivity index (χ4n) is 1.98. The van der Waals surface area contributed by atoms with Crippen LogP contribution in [0.1, 0.15) is 12.1 Å². The van der Waals surface area contributed by atoms with Gasteiger partial charge in [0.15, 0.2) is 0 Å². The molecule has 0 N–H and O–H groups in total. The van der Waals surface area contributed by atoms with Crippen molar-refractivity contribution in [2.75, 3.05) is 34.0 Å². The summed E-state index contributed by atoms with van der Waals surface area (Å²) in [5.74, 6) is 0. The normalized spacial score (nSPS) is 10.7. The molecule has 0 aliphatic carbocycles. The van der Waals surface area contributed by atoms with Gasteiger partial charge < -0.3 is 19.3 Å². The molecule has 1 aromatic rings. The average Bonchev–Trinajstić information content (AvgIpc) is 2.69. The molecule has 0 spiro atoms. The van der Waals surface area contributed by atoms with Crippen LogP contribution in [0.3, 0.4) is 0 Å². The topological polar surface area (TPSA) is 84.3 Å². The highest BCUT2D eigenvalue weighted by molar-refractivity contribution is 5.95. The summed E-state index contributed by atoms with van der Waals surface area (Å²) in [6.07, 6.45) is 4.66. The zero-order chi connectivity index (χ0) is 20.1. The first-order chi connectivity index (χ1) is 13.0. The average molecular weight is 374 g/mol. The highest BCUT2D eigenvalue weighted by Crippen LogP contribution is 2.00. The number of likely N-dealkylation sites (N-methyl/N-ethyl adjacent to an activating group) is 1. The third kappa shape index (κ3) is 8.66. The minimum atomic E-state index is -0.596. The molecule has 8 heteroatoms. The van der Waals surface area contributed by atoms with Crippen LogP contribution in [0.5, 0.6) is 0 Å². The van der Waals surface area contributed by atoms with Gasteiger partial charge in [0, 0.05) is 63.8 Å². The minimum absolute atomic E-state index is 0.384. The van der Waals surface area contributed by atoms with E-state index in [4.69, 9.17) is 9.47 Å². The number of carbonyl (C=O) groups is 2.